The number of hydrogen-bond acceptors (Lipinski definition) is 3. The maximum Gasteiger partial charge on any atom is 0.243 e. The van der Waals surface area contributed by atoms with Gasteiger partial charge in [0, 0.05) is 5.69 Å². The summed E-state index contributed by atoms with van der Waals surface area (Å²) >= 11 is 0. The minimum atomic E-state index is -0.871. The van der Waals surface area contributed by atoms with Gasteiger partial charge >= 0.3 is 0 Å². The molecule has 1 rings (SSSR count). The molecule has 0 aliphatic heterocycles. The highest BCUT2D eigenvalue weighted by molar-refractivity contribution is 5.94. The Balaban J connectivity index is 2.65. The predicted molar refractivity (Wildman–Crippen MR) is 64.2 cm³/mol. The molecule has 16 heavy (non-hydrogen) atoms. The molecule has 1 amide bonds. The lowest BCUT2D eigenvalue weighted by Gasteiger charge is -2.11. The minimum Gasteiger partial charge on any atom is -0.394 e. The molecule has 4 N–H and O–H groups in total. The van der Waals surface area contributed by atoms with Crippen LogP contribution in [0.2, 0.25) is 0 Å². The summed E-state index contributed by atoms with van der Waals surface area (Å²) in [4.78, 5) is 11.4. The average molecular weight is 222 g/mol. The minimum absolute atomic E-state index is 0.351. The lowest BCUT2D eigenvalue weighted by molar-refractivity contribution is -0.118. The van der Waals surface area contributed by atoms with Gasteiger partial charge in [0.25, 0.3) is 0 Å². The molecule has 4 nitrogen and oxygen atoms in total. The zero-order valence-corrected chi connectivity index (χ0v) is 9.60. The molecular formula is C12H18N2O2. The van der Waals surface area contributed by atoms with E-state index in [1.807, 2.05) is 24.3 Å². The molecule has 0 aromatic heterocycles. The Labute approximate surface area is 95.5 Å². The lowest BCUT2D eigenvalue weighted by Crippen LogP contribution is -2.38. The van der Waals surface area contributed by atoms with Crippen LogP contribution in [0.3, 0.4) is 0 Å². The number of nitrogens with one attached hydrogen (secondary N) is 1. The molecule has 0 radical (unpaired) electrons. The molecule has 0 unspecified atom stereocenters. The first-order chi connectivity index (χ1) is 7.54. The Hall–Kier alpha value is -1.39. The van der Waals surface area contributed by atoms with Crippen molar-refractivity contribution in [3.63, 3.8) is 0 Å². The monoisotopic (exact) mass is 222 g/mol. The van der Waals surface area contributed by atoms with E-state index in [1.54, 1.807) is 0 Å². The van der Waals surface area contributed by atoms with Gasteiger partial charge in [-0.15, -0.1) is 0 Å². The lowest BCUT2D eigenvalue weighted by atomic mass is 10.0. The van der Waals surface area contributed by atoms with Crippen LogP contribution in [0.1, 0.15) is 25.3 Å². The number of aliphatic hydroxyl groups is 1. The van der Waals surface area contributed by atoms with Crippen LogP contribution in [-0.2, 0) is 4.79 Å². The number of benzene rings is 1. The van der Waals surface area contributed by atoms with E-state index in [2.05, 4.69) is 19.2 Å². The van der Waals surface area contributed by atoms with Crippen molar-refractivity contribution in [3.05, 3.63) is 29.8 Å². The van der Waals surface area contributed by atoms with E-state index in [4.69, 9.17) is 10.8 Å². The normalized spacial score (nSPS) is 12.6. The fourth-order valence-corrected chi connectivity index (χ4v) is 1.27. The smallest absolute Gasteiger partial charge is 0.243 e. The quantitative estimate of drug-likeness (QED) is 0.713. The Morgan fingerprint density at radius 3 is 2.38 bits per heavy atom. The second-order valence-electron chi connectivity index (χ2n) is 4.06. The van der Waals surface area contributed by atoms with Gasteiger partial charge in [-0.3, -0.25) is 4.79 Å². The number of anilines is 1. The summed E-state index contributed by atoms with van der Waals surface area (Å²) in [7, 11) is 0. The third-order valence-corrected chi connectivity index (χ3v) is 2.38. The van der Waals surface area contributed by atoms with Crippen LogP contribution in [0.5, 0.6) is 0 Å². The first kappa shape index (κ1) is 12.7. The third kappa shape index (κ3) is 3.32. The second kappa shape index (κ2) is 5.63. The van der Waals surface area contributed by atoms with E-state index in [1.165, 1.54) is 5.56 Å². The van der Waals surface area contributed by atoms with Crippen molar-refractivity contribution < 1.29 is 9.90 Å². The Kier molecular flexibility index (Phi) is 4.46. The number of carbonyl (C=O) groups excluding carboxylic acids is 1. The summed E-state index contributed by atoms with van der Waals surface area (Å²) in [6.07, 6.45) is 0. The van der Waals surface area contributed by atoms with Crippen molar-refractivity contribution in [1.82, 2.24) is 0 Å². The highest BCUT2D eigenvalue weighted by atomic mass is 16.3. The first-order valence-electron chi connectivity index (χ1n) is 5.32. The van der Waals surface area contributed by atoms with E-state index in [9.17, 15) is 4.79 Å². The highest BCUT2D eigenvalue weighted by Gasteiger charge is 2.11. The van der Waals surface area contributed by atoms with Crippen LogP contribution >= 0.6 is 0 Å². The van der Waals surface area contributed by atoms with Crippen LogP contribution in [0.25, 0.3) is 0 Å². The number of amides is 1. The van der Waals surface area contributed by atoms with E-state index in [0.29, 0.717) is 11.6 Å². The van der Waals surface area contributed by atoms with Crippen LogP contribution in [0.4, 0.5) is 5.69 Å². The highest BCUT2D eigenvalue weighted by Crippen LogP contribution is 2.17. The largest absolute Gasteiger partial charge is 0.394 e. The number of nitrogens with two attached hydrogens (primary N) is 1. The zero-order chi connectivity index (χ0) is 12.1. The molecule has 1 aromatic carbocycles. The maximum atomic E-state index is 11.4. The van der Waals surface area contributed by atoms with Crippen LogP contribution in [-0.4, -0.2) is 23.7 Å². The van der Waals surface area contributed by atoms with Crippen molar-refractivity contribution in [2.75, 3.05) is 11.9 Å². The number of aliphatic hydroxyl groups excluding tert-OH is 1. The molecule has 1 atom stereocenters. The van der Waals surface area contributed by atoms with Crippen LogP contribution in [0, 0.1) is 0 Å². The van der Waals surface area contributed by atoms with Gasteiger partial charge in [-0.1, -0.05) is 26.0 Å². The van der Waals surface area contributed by atoms with Crippen molar-refractivity contribution in [1.29, 1.82) is 0 Å². The second-order valence-corrected chi connectivity index (χ2v) is 4.06. The van der Waals surface area contributed by atoms with E-state index in [0.717, 1.165) is 0 Å². The van der Waals surface area contributed by atoms with Crippen molar-refractivity contribution in [3.8, 4) is 0 Å². The Morgan fingerprint density at radius 1 is 1.38 bits per heavy atom. The molecule has 0 aliphatic rings. The number of rotatable bonds is 4. The van der Waals surface area contributed by atoms with Gasteiger partial charge in [-0.2, -0.15) is 0 Å². The third-order valence-electron chi connectivity index (χ3n) is 2.38. The molecule has 0 fully saturated rings. The summed E-state index contributed by atoms with van der Waals surface area (Å²) < 4.78 is 0. The molecule has 1 aromatic rings. The molecule has 0 saturated heterocycles. The van der Waals surface area contributed by atoms with E-state index in [-0.39, 0.29) is 12.5 Å². The molecule has 0 heterocycles. The Morgan fingerprint density at radius 2 is 1.94 bits per heavy atom. The zero-order valence-electron chi connectivity index (χ0n) is 9.60. The fraction of sp³-hybridized carbons (Fsp3) is 0.417. The van der Waals surface area contributed by atoms with Gasteiger partial charge in [0.1, 0.15) is 6.04 Å². The molecule has 0 saturated carbocycles. The van der Waals surface area contributed by atoms with Crippen LogP contribution < -0.4 is 11.1 Å². The molecular weight excluding hydrogens is 204 g/mol. The SMILES string of the molecule is CC(C)c1ccc(NC(=O)[C@@H](N)CO)cc1. The summed E-state index contributed by atoms with van der Waals surface area (Å²) in [6.45, 7) is 3.86. The average Bonchev–Trinajstić information content (AvgIpc) is 2.28. The van der Waals surface area contributed by atoms with Gasteiger partial charge in [-0.25, -0.2) is 0 Å². The van der Waals surface area contributed by atoms with Gasteiger partial charge in [0.2, 0.25) is 5.91 Å². The molecule has 0 bridgehead atoms. The summed E-state index contributed by atoms with van der Waals surface area (Å²) in [6, 6.07) is 6.72. The first-order valence-corrected chi connectivity index (χ1v) is 5.32. The topological polar surface area (TPSA) is 75.4 Å². The van der Waals surface area contributed by atoms with E-state index < -0.39 is 6.04 Å². The van der Waals surface area contributed by atoms with Crippen molar-refractivity contribution in [2.45, 2.75) is 25.8 Å². The summed E-state index contributed by atoms with van der Waals surface area (Å²) in [5.41, 5.74) is 7.29. The van der Waals surface area contributed by atoms with Gasteiger partial charge in [-0.05, 0) is 23.6 Å². The number of hydrogen-bond donors (Lipinski definition) is 3. The Bertz CT molecular complexity index is 347. The maximum absolute atomic E-state index is 11.4. The van der Waals surface area contributed by atoms with Crippen molar-refractivity contribution in [2.24, 2.45) is 5.73 Å². The predicted octanol–water partition coefficient (Wildman–Crippen LogP) is 1.07. The molecule has 88 valence electrons. The van der Waals surface area contributed by atoms with Crippen LogP contribution in [0.15, 0.2) is 24.3 Å². The standard InChI is InChI=1S/C12H18N2O2/c1-8(2)9-3-5-10(6-4-9)14-12(16)11(13)7-15/h3-6,8,11,15H,7,13H2,1-2H3,(H,14,16)/t11-/m0/s1. The molecule has 0 spiro atoms. The van der Waals surface area contributed by atoms with E-state index >= 15 is 0 Å². The summed E-state index contributed by atoms with van der Waals surface area (Å²) in [5, 5.41) is 11.3. The molecule has 0 aliphatic carbocycles. The number of carbonyl (C=O) groups is 1. The van der Waals surface area contributed by atoms with Crippen molar-refractivity contribution >= 4 is 11.6 Å². The fourth-order valence-electron chi connectivity index (χ4n) is 1.27. The molecule has 4 heteroatoms. The van der Waals surface area contributed by atoms with Gasteiger partial charge < -0.3 is 16.2 Å². The summed E-state index contributed by atoms with van der Waals surface area (Å²) in [5.74, 6) is 0.0873. The van der Waals surface area contributed by atoms with Gasteiger partial charge in [0.05, 0.1) is 6.61 Å². The van der Waals surface area contributed by atoms with Gasteiger partial charge in [0.15, 0.2) is 0 Å².